The van der Waals surface area contributed by atoms with Crippen molar-refractivity contribution >= 4 is 17.9 Å². The molecule has 0 atom stereocenters. The summed E-state index contributed by atoms with van der Waals surface area (Å²) >= 11 is 0. The second-order valence-corrected chi connectivity index (χ2v) is 3.55. The number of nitrogen functional groups attached to an aromatic ring is 1. The first-order chi connectivity index (χ1) is 8.56. The van der Waals surface area contributed by atoms with E-state index in [0.29, 0.717) is 11.8 Å². The minimum atomic E-state index is -1.34. The van der Waals surface area contributed by atoms with Crippen LogP contribution in [-0.2, 0) is 0 Å². The van der Waals surface area contributed by atoms with E-state index in [0.717, 1.165) is 0 Å². The van der Waals surface area contributed by atoms with Gasteiger partial charge in [-0.05, 0) is 18.2 Å². The third-order valence-electron chi connectivity index (χ3n) is 2.52. The average Bonchev–Trinajstić information content (AvgIpc) is 2.76. The fourth-order valence-corrected chi connectivity index (χ4v) is 1.68. The molecule has 6 nitrogen and oxygen atoms in total. The number of phenols is 1. The monoisotopic (exact) mass is 247 g/mol. The molecule has 0 aliphatic heterocycles. The van der Waals surface area contributed by atoms with Crippen molar-refractivity contribution in [3.05, 3.63) is 35.8 Å². The number of hydrogen-bond acceptors (Lipinski definition) is 5. The van der Waals surface area contributed by atoms with Gasteiger partial charge < -0.3 is 20.4 Å². The fraction of sp³-hybridized carbons (Fsp3) is 0. The molecule has 1 aromatic carbocycles. The molecule has 18 heavy (non-hydrogen) atoms. The number of aromatic carboxylic acids is 1. The molecule has 0 aliphatic carbocycles. The SMILES string of the molecule is Nc1ccc(-c2ccoc2C=O)c(O)c1C(=O)O. The van der Waals surface area contributed by atoms with Crippen molar-refractivity contribution in [2.75, 3.05) is 5.73 Å². The summed E-state index contributed by atoms with van der Waals surface area (Å²) in [5.41, 5.74) is 5.52. The van der Waals surface area contributed by atoms with Gasteiger partial charge in [0.2, 0.25) is 0 Å². The number of anilines is 1. The van der Waals surface area contributed by atoms with Crippen molar-refractivity contribution in [1.82, 2.24) is 0 Å². The molecule has 0 fully saturated rings. The van der Waals surface area contributed by atoms with Crippen LogP contribution < -0.4 is 5.73 Å². The van der Waals surface area contributed by atoms with Crippen LogP contribution in [0.1, 0.15) is 20.9 Å². The van der Waals surface area contributed by atoms with E-state index in [4.69, 9.17) is 15.3 Å². The topological polar surface area (TPSA) is 114 Å². The molecule has 92 valence electrons. The average molecular weight is 247 g/mol. The lowest BCUT2D eigenvalue weighted by atomic mass is 10.0. The highest BCUT2D eigenvalue weighted by Gasteiger charge is 2.20. The van der Waals surface area contributed by atoms with Gasteiger partial charge in [-0.25, -0.2) is 4.79 Å². The molecule has 6 heteroatoms. The summed E-state index contributed by atoms with van der Waals surface area (Å²) in [6, 6.07) is 4.23. The molecular formula is C12H9NO5. The zero-order chi connectivity index (χ0) is 13.3. The third-order valence-corrected chi connectivity index (χ3v) is 2.52. The van der Waals surface area contributed by atoms with Crippen molar-refractivity contribution < 1.29 is 24.2 Å². The first-order valence-electron chi connectivity index (χ1n) is 4.94. The van der Waals surface area contributed by atoms with E-state index in [1.54, 1.807) is 0 Å². The van der Waals surface area contributed by atoms with Gasteiger partial charge in [-0.1, -0.05) is 0 Å². The van der Waals surface area contributed by atoms with Gasteiger partial charge in [-0.15, -0.1) is 0 Å². The summed E-state index contributed by atoms with van der Waals surface area (Å²) in [5, 5.41) is 18.9. The minimum Gasteiger partial charge on any atom is -0.506 e. The van der Waals surface area contributed by atoms with E-state index in [1.165, 1.54) is 24.5 Å². The van der Waals surface area contributed by atoms with Crippen molar-refractivity contribution in [3.63, 3.8) is 0 Å². The molecule has 0 saturated carbocycles. The van der Waals surface area contributed by atoms with Crippen molar-refractivity contribution in [2.24, 2.45) is 0 Å². The Morgan fingerprint density at radius 2 is 2.00 bits per heavy atom. The van der Waals surface area contributed by atoms with Crippen LogP contribution in [0.2, 0.25) is 0 Å². The van der Waals surface area contributed by atoms with Gasteiger partial charge >= 0.3 is 5.97 Å². The van der Waals surface area contributed by atoms with E-state index in [2.05, 4.69) is 0 Å². The maximum absolute atomic E-state index is 11.0. The molecule has 0 saturated heterocycles. The highest BCUT2D eigenvalue weighted by molar-refractivity contribution is 6.00. The molecule has 1 heterocycles. The van der Waals surface area contributed by atoms with Crippen LogP contribution in [0.15, 0.2) is 28.9 Å². The summed E-state index contributed by atoms with van der Waals surface area (Å²) in [5.74, 6) is -1.83. The molecule has 0 bridgehead atoms. The lowest BCUT2D eigenvalue weighted by molar-refractivity contribution is 0.0695. The molecule has 4 N–H and O–H groups in total. The number of aromatic hydroxyl groups is 1. The lowest BCUT2D eigenvalue weighted by Crippen LogP contribution is -2.03. The van der Waals surface area contributed by atoms with E-state index in [9.17, 15) is 14.7 Å². The molecule has 0 aliphatic rings. The fourth-order valence-electron chi connectivity index (χ4n) is 1.68. The predicted octanol–water partition coefficient (Wildman–Crippen LogP) is 1.75. The molecular weight excluding hydrogens is 238 g/mol. The van der Waals surface area contributed by atoms with E-state index in [-0.39, 0.29) is 17.0 Å². The van der Waals surface area contributed by atoms with Gasteiger partial charge in [0.1, 0.15) is 11.3 Å². The van der Waals surface area contributed by atoms with Crippen LogP contribution >= 0.6 is 0 Å². The Kier molecular flexibility index (Phi) is 2.77. The van der Waals surface area contributed by atoms with Gasteiger partial charge in [-0.3, -0.25) is 4.79 Å². The molecule has 2 aromatic rings. The van der Waals surface area contributed by atoms with Gasteiger partial charge in [-0.2, -0.15) is 0 Å². The first kappa shape index (κ1) is 11.7. The largest absolute Gasteiger partial charge is 0.506 e. The van der Waals surface area contributed by atoms with Gasteiger partial charge in [0, 0.05) is 16.8 Å². The number of furan rings is 1. The van der Waals surface area contributed by atoms with Crippen LogP contribution in [0.25, 0.3) is 11.1 Å². The Morgan fingerprint density at radius 1 is 1.28 bits per heavy atom. The number of nitrogens with two attached hydrogens (primary N) is 1. The van der Waals surface area contributed by atoms with Crippen LogP contribution in [0, 0.1) is 0 Å². The lowest BCUT2D eigenvalue weighted by Gasteiger charge is -2.08. The van der Waals surface area contributed by atoms with Crippen molar-refractivity contribution in [2.45, 2.75) is 0 Å². The maximum Gasteiger partial charge on any atom is 0.341 e. The first-order valence-corrected chi connectivity index (χ1v) is 4.94. The summed E-state index contributed by atoms with van der Waals surface area (Å²) in [6.45, 7) is 0. The van der Waals surface area contributed by atoms with Gasteiger partial charge in [0.05, 0.1) is 6.26 Å². The summed E-state index contributed by atoms with van der Waals surface area (Å²) in [7, 11) is 0. The van der Waals surface area contributed by atoms with Gasteiger partial charge in [0.15, 0.2) is 12.0 Å². The molecule has 2 rings (SSSR count). The molecule has 0 radical (unpaired) electrons. The molecule has 0 amide bonds. The van der Waals surface area contributed by atoms with Gasteiger partial charge in [0.25, 0.3) is 0 Å². The number of benzene rings is 1. The second-order valence-electron chi connectivity index (χ2n) is 3.55. The standard InChI is InChI=1S/C12H9NO5/c13-8-2-1-7(11(15)10(8)12(16)17)6-3-4-18-9(6)5-14/h1-5,15H,13H2,(H,16,17). The number of aldehydes is 1. The van der Waals surface area contributed by atoms with E-state index in [1.807, 2.05) is 0 Å². The zero-order valence-electron chi connectivity index (χ0n) is 9.08. The number of carboxylic acid groups (broad SMARTS) is 1. The highest BCUT2D eigenvalue weighted by atomic mass is 16.4. The molecule has 0 spiro atoms. The summed E-state index contributed by atoms with van der Waals surface area (Å²) < 4.78 is 4.90. The molecule has 0 unspecified atom stereocenters. The number of carbonyl (C=O) groups is 2. The normalized spacial score (nSPS) is 10.2. The Hall–Kier alpha value is -2.76. The number of rotatable bonds is 3. The van der Waals surface area contributed by atoms with E-state index < -0.39 is 17.3 Å². The molecule has 1 aromatic heterocycles. The van der Waals surface area contributed by atoms with Crippen molar-refractivity contribution in [3.8, 4) is 16.9 Å². The van der Waals surface area contributed by atoms with Crippen LogP contribution in [0.5, 0.6) is 5.75 Å². The number of carbonyl (C=O) groups excluding carboxylic acids is 1. The quantitative estimate of drug-likeness (QED) is 0.562. The predicted molar refractivity (Wildman–Crippen MR) is 62.6 cm³/mol. The highest BCUT2D eigenvalue weighted by Crippen LogP contribution is 2.37. The summed E-state index contributed by atoms with van der Waals surface area (Å²) in [4.78, 5) is 21.7. The Bertz CT molecular complexity index is 629. The Labute approximate surface area is 101 Å². The maximum atomic E-state index is 11.0. The van der Waals surface area contributed by atoms with E-state index >= 15 is 0 Å². The van der Waals surface area contributed by atoms with Crippen molar-refractivity contribution in [1.29, 1.82) is 0 Å². The number of carboxylic acids is 1. The Balaban J connectivity index is 2.70. The van der Waals surface area contributed by atoms with Crippen LogP contribution in [0.3, 0.4) is 0 Å². The zero-order valence-corrected chi connectivity index (χ0v) is 9.08. The second kappa shape index (κ2) is 4.25. The Morgan fingerprint density at radius 3 is 2.61 bits per heavy atom. The minimum absolute atomic E-state index is 0.00594. The number of hydrogen-bond donors (Lipinski definition) is 3. The summed E-state index contributed by atoms with van der Waals surface area (Å²) in [6.07, 6.45) is 1.75. The van der Waals surface area contributed by atoms with Crippen LogP contribution in [0.4, 0.5) is 5.69 Å². The smallest absolute Gasteiger partial charge is 0.341 e. The van der Waals surface area contributed by atoms with Crippen LogP contribution in [-0.4, -0.2) is 22.5 Å². The third kappa shape index (κ3) is 1.69.